The minimum atomic E-state index is -0.752. The van der Waals surface area contributed by atoms with Gasteiger partial charge in [0.15, 0.2) is 6.61 Å². The molecule has 0 unspecified atom stereocenters. The molecule has 1 aromatic carbocycles. The van der Waals surface area contributed by atoms with E-state index in [1.807, 2.05) is 19.1 Å². The first-order chi connectivity index (χ1) is 12.5. The molecule has 0 fully saturated rings. The van der Waals surface area contributed by atoms with Crippen LogP contribution in [-0.2, 0) is 25.7 Å². The minimum Gasteiger partial charge on any atom is -0.450 e. The summed E-state index contributed by atoms with van der Waals surface area (Å²) in [6.45, 7) is 1.92. The Bertz CT molecular complexity index is 798. The molecular weight excluding hydrogens is 340 g/mol. The number of nitrogens with one attached hydrogen (secondary N) is 1. The lowest BCUT2D eigenvalue weighted by molar-refractivity contribution is -0.137. The van der Waals surface area contributed by atoms with Gasteiger partial charge in [-0.05, 0) is 13.0 Å². The molecule has 0 aliphatic heterocycles. The van der Waals surface area contributed by atoms with Gasteiger partial charge in [0.05, 0.1) is 13.2 Å². The van der Waals surface area contributed by atoms with Gasteiger partial charge in [-0.15, -0.1) is 0 Å². The average Bonchev–Trinajstić information content (AvgIpc) is 3.02. The summed E-state index contributed by atoms with van der Waals surface area (Å²) in [6.07, 6.45) is 0. The van der Waals surface area contributed by atoms with E-state index in [-0.39, 0.29) is 24.8 Å². The van der Waals surface area contributed by atoms with E-state index >= 15 is 0 Å². The predicted octanol–water partition coefficient (Wildman–Crippen LogP) is 1.33. The first-order valence-corrected chi connectivity index (χ1v) is 8.17. The second-order valence-electron chi connectivity index (χ2n) is 5.54. The van der Waals surface area contributed by atoms with E-state index in [1.54, 1.807) is 12.1 Å². The first-order valence-electron chi connectivity index (χ1n) is 8.17. The molecule has 0 aliphatic carbocycles. The molecule has 0 saturated carbocycles. The molecule has 8 heteroatoms. The highest BCUT2D eigenvalue weighted by atomic mass is 16.5. The maximum atomic E-state index is 12.4. The fourth-order valence-corrected chi connectivity index (χ4v) is 2.30. The zero-order chi connectivity index (χ0) is 19.1. The number of ether oxygens (including phenoxy) is 2. The monoisotopic (exact) mass is 362 g/mol. The molecule has 2 rings (SSSR count). The van der Waals surface area contributed by atoms with Crippen molar-refractivity contribution in [2.24, 2.45) is 0 Å². The molecule has 8 nitrogen and oxygen atoms in total. The van der Waals surface area contributed by atoms with Crippen LogP contribution in [0.1, 0.15) is 23.0 Å². The Balaban J connectivity index is 2.09. The largest absolute Gasteiger partial charge is 0.450 e. The first kappa shape index (κ1) is 19.5. The summed E-state index contributed by atoms with van der Waals surface area (Å²) in [6, 6.07) is 7.19. The standard InChI is InChI=1S/C18H22N2O6/c1-4-24-10-13-12-7-5-6-8-14(12)26-17(13)18(23)25-11-16(22)20(3)9-15(21)19-2/h5-8H,4,9-11H2,1-3H3,(H,19,21). The lowest BCUT2D eigenvalue weighted by atomic mass is 10.1. The summed E-state index contributed by atoms with van der Waals surface area (Å²) in [5.41, 5.74) is 1.12. The Kier molecular flexibility index (Phi) is 6.74. The summed E-state index contributed by atoms with van der Waals surface area (Å²) in [7, 11) is 2.93. The highest BCUT2D eigenvalue weighted by molar-refractivity contribution is 5.97. The number of hydrogen-bond donors (Lipinski definition) is 1. The number of carbonyl (C=O) groups is 3. The van der Waals surface area contributed by atoms with Crippen molar-refractivity contribution >= 4 is 28.8 Å². The lowest BCUT2D eigenvalue weighted by Crippen LogP contribution is -2.39. The normalized spacial score (nSPS) is 10.6. The number of rotatable bonds is 8. The van der Waals surface area contributed by atoms with E-state index in [2.05, 4.69) is 5.32 Å². The number of fused-ring (bicyclic) bond motifs is 1. The van der Waals surface area contributed by atoms with E-state index in [9.17, 15) is 14.4 Å². The van der Waals surface area contributed by atoms with Crippen LogP contribution >= 0.6 is 0 Å². The van der Waals surface area contributed by atoms with Gasteiger partial charge in [0.25, 0.3) is 5.91 Å². The maximum absolute atomic E-state index is 12.4. The molecule has 0 bridgehead atoms. The molecule has 140 valence electrons. The third-order valence-electron chi connectivity index (χ3n) is 3.75. The molecule has 0 saturated heterocycles. The van der Waals surface area contributed by atoms with Crippen LogP contribution in [0.15, 0.2) is 28.7 Å². The zero-order valence-electron chi connectivity index (χ0n) is 15.0. The number of esters is 1. The molecule has 0 aliphatic rings. The van der Waals surface area contributed by atoms with Crippen LogP contribution in [-0.4, -0.2) is 56.5 Å². The van der Waals surface area contributed by atoms with Gasteiger partial charge >= 0.3 is 5.97 Å². The van der Waals surface area contributed by atoms with Crippen LogP contribution < -0.4 is 5.32 Å². The number of para-hydroxylation sites is 1. The second-order valence-corrected chi connectivity index (χ2v) is 5.54. The zero-order valence-corrected chi connectivity index (χ0v) is 15.0. The van der Waals surface area contributed by atoms with E-state index in [4.69, 9.17) is 13.9 Å². The Labute approximate surface area is 151 Å². The van der Waals surface area contributed by atoms with E-state index in [0.29, 0.717) is 17.8 Å². The number of benzene rings is 1. The van der Waals surface area contributed by atoms with Crippen molar-refractivity contribution in [3.63, 3.8) is 0 Å². The van der Waals surface area contributed by atoms with Crippen molar-refractivity contribution in [3.05, 3.63) is 35.6 Å². The van der Waals surface area contributed by atoms with Crippen LogP contribution in [0.2, 0.25) is 0 Å². The van der Waals surface area contributed by atoms with Crippen LogP contribution in [0.5, 0.6) is 0 Å². The number of amides is 2. The maximum Gasteiger partial charge on any atom is 0.375 e. The van der Waals surface area contributed by atoms with Crippen molar-refractivity contribution in [1.82, 2.24) is 10.2 Å². The highest BCUT2D eigenvalue weighted by Gasteiger charge is 2.23. The van der Waals surface area contributed by atoms with Gasteiger partial charge in [-0.3, -0.25) is 9.59 Å². The molecule has 2 aromatic rings. The van der Waals surface area contributed by atoms with Crippen LogP contribution in [0.3, 0.4) is 0 Å². The average molecular weight is 362 g/mol. The Hall–Kier alpha value is -2.87. The van der Waals surface area contributed by atoms with Gasteiger partial charge in [0.1, 0.15) is 5.58 Å². The number of nitrogens with zero attached hydrogens (tertiary/aromatic N) is 1. The van der Waals surface area contributed by atoms with E-state index < -0.39 is 18.5 Å². The molecule has 2 amide bonds. The predicted molar refractivity (Wildman–Crippen MR) is 93.5 cm³/mol. The van der Waals surface area contributed by atoms with Gasteiger partial charge in [0, 0.05) is 31.7 Å². The van der Waals surface area contributed by atoms with Crippen molar-refractivity contribution in [2.75, 3.05) is 33.9 Å². The molecule has 26 heavy (non-hydrogen) atoms. The van der Waals surface area contributed by atoms with Crippen molar-refractivity contribution in [3.8, 4) is 0 Å². The van der Waals surface area contributed by atoms with Gasteiger partial charge in [-0.25, -0.2) is 4.79 Å². The van der Waals surface area contributed by atoms with Gasteiger partial charge in [-0.2, -0.15) is 0 Å². The van der Waals surface area contributed by atoms with Crippen LogP contribution in [0.4, 0.5) is 0 Å². The number of hydrogen-bond acceptors (Lipinski definition) is 6. The van der Waals surface area contributed by atoms with E-state index in [0.717, 1.165) is 5.39 Å². The number of furan rings is 1. The molecule has 1 N–H and O–H groups in total. The van der Waals surface area contributed by atoms with Crippen molar-refractivity contribution in [2.45, 2.75) is 13.5 Å². The van der Waals surface area contributed by atoms with Crippen molar-refractivity contribution < 1.29 is 28.3 Å². The quantitative estimate of drug-likeness (QED) is 0.712. The van der Waals surface area contributed by atoms with Crippen LogP contribution in [0, 0.1) is 0 Å². The third-order valence-corrected chi connectivity index (χ3v) is 3.75. The Morgan fingerprint density at radius 1 is 1.23 bits per heavy atom. The third kappa shape index (κ3) is 4.60. The minimum absolute atomic E-state index is 0.0152. The highest BCUT2D eigenvalue weighted by Crippen LogP contribution is 2.27. The molecule has 0 atom stereocenters. The fraction of sp³-hybridized carbons (Fsp3) is 0.389. The van der Waals surface area contributed by atoms with Gasteiger partial charge in [0.2, 0.25) is 11.7 Å². The second kappa shape index (κ2) is 9.00. The van der Waals surface area contributed by atoms with Gasteiger partial charge in [-0.1, -0.05) is 18.2 Å². The van der Waals surface area contributed by atoms with Gasteiger partial charge < -0.3 is 24.1 Å². The summed E-state index contributed by atoms with van der Waals surface area (Å²) < 4.78 is 16.1. The van der Waals surface area contributed by atoms with E-state index in [1.165, 1.54) is 19.0 Å². The summed E-state index contributed by atoms with van der Waals surface area (Å²) in [5, 5.41) is 3.17. The SMILES string of the molecule is CCOCc1c(C(=O)OCC(=O)N(C)CC(=O)NC)oc2ccccc12. The fourth-order valence-electron chi connectivity index (χ4n) is 2.30. The topological polar surface area (TPSA) is 98.1 Å². The summed E-state index contributed by atoms with van der Waals surface area (Å²) in [5.74, 6) is -1.55. The molecule has 0 spiro atoms. The number of likely N-dealkylation sites (N-methyl/N-ethyl adjacent to an activating group) is 2. The Morgan fingerprint density at radius 3 is 2.65 bits per heavy atom. The smallest absolute Gasteiger partial charge is 0.375 e. The summed E-state index contributed by atoms with van der Waals surface area (Å²) in [4.78, 5) is 36.8. The lowest BCUT2D eigenvalue weighted by Gasteiger charge is -2.15. The molecule has 1 heterocycles. The Morgan fingerprint density at radius 2 is 1.96 bits per heavy atom. The summed E-state index contributed by atoms with van der Waals surface area (Å²) >= 11 is 0. The van der Waals surface area contributed by atoms with Crippen molar-refractivity contribution in [1.29, 1.82) is 0 Å². The molecular formula is C18H22N2O6. The number of carbonyl (C=O) groups excluding carboxylic acids is 3. The van der Waals surface area contributed by atoms with Crippen LogP contribution in [0.25, 0.3) is 11.0 Å². The molecule has 1 aromatic heterocycles. The molecule has 0 radical (unpaired) electrons.